The third kappa shape index (κ3) is 4.42. The number of ketones is 1. The van der Waals surface area contributed by atoms with Gasteiger partial charge >= 0.3 is 0 Å². The fourth-order valence-electron chi connectivity index (χ4n) is 1.99. The molecule has 0 aromatic carbocycles. The summed E-state index contributed by atoms with van der Waals surface area (Å²) in [6.45, 7) is 4.46. The smallest absolute Gasteiger partial charge is 0.220 e. The highest BCUT2D eigenvalue weighted by atomic mass is 16.1. The minimum Gasteiger partial charge on any atom is -0.369 e. The summed E-state index contributed by atoms with van der Waals surface area (Å²) in [5.74, 6) is 0.148. The Hall–Kier alpha value is -0.900. The molecular formula is C11H20N2O2. The van der Waals surface area contributed by atoms with Gasteiger partial charge in [0.05, 0.1) is 0 Å². The second-order valence-corrected chi connectivity index (χ2v) is 4.32. The number of amides is 1. The van der Waals surface area contributed by atoms with Crippen molar-refractivity contribution in [2.45, 2.75) is 32.6 Å². The largest absolute Gasteiger partial charge is 0.369 e. The summed E-state index contributed by atoms with van der Waals surface area (Å²) in [4.78, 5) is 24.0. The minimum absolute atomic E-state index is 0.0639. The summed E-state index contributed by atoms with van der Waals surface area (Å²) in [6.07, 6.45) is 3.33. The fraction of sp³-hybridized carbons (Fsp3) is 0.818. The number of nitrogens with zero attached hydrogens (tertiary/aromatic N) is 1. The van der Waals surface area contributed by atoms with Gasteiger partial charge in [-0.3, -0.25) is 4.79 Å². The molecule has 1 aliphatic rings. The molecule has 0 bridgehead atoms. The third-order valence-electron chi connectivity index (χ3n) is 2.99. The Morgan fingerprint density at radius 1 is 1.33 bits per heavy atom. The first-order chi connectivity index (χ1) is 7.09. The van der Waals surface area contributed by atoms with Crippen LogP contribution in [0.4, 0.5) is 0 Å². The average Bonchev–Trinajstić information content (AvgIpc) is 2.18. The number of Topliss-reactive ketones (excluding diaryl/α,β-unsaturated/α-hetero) is 1. The van der Waals surface area contributed by atoms with E-state index in [1.54, 1.807) is 6.92 Å². The fourth-order valence-corrected chi connectivity index (χ4v) is 1.99. The minimum atomic E-state index is -0.168. The Labute approximate surface area is 90.8 Å². The molecule has 0 spiro atoms. The van der Waals surface area contributed by atoms with E-state index < -0.39 is 0 Å². The van der Waals surface area contributed by atoms with E-state index in [2.05, 4.69) is 4.90 Å². The summed E-state index contributed by atoms with van der Waals surface area (Å²) in [5.41, 5.74) is 5.25. The van der Waals surface area contributed by atoms with E-state index in [1.807, 2.05) is 0 Å². The maximum Gasteiger partial charge on any atom is 0.220 e. The molecule has 1 amide bonds. The zero-order valence-corrected chi connectivity index (χ0v) is 9.37. The van der Waals surface area contributed by atoms with Gasteiger partial charge in [-0.2, -0.15) is 0 Å². The van der Waals surface area contributed by atoms with Gasteiger partial charge in [-0.1, -0.05) is 0 Å². The van der Waals surface area contributed by atoms with Gasteiger partial charge in [-0.25, -0.2) is 0 Å². The average molecular weight is 212 g/mol. The monoisotopic (exact) mass is 212 g/mol. The molecule has 4 heteroatoms. The van der Waals surface area contributed by atoms with E-state index in [0.29, 0.717) is 6.42 Å². The molecule has 86 valence electrons. The van der Waals surface area contributed by atoms with E-state index >= 15 is 0 Å². The lowest BCUT2D eigenvalue weighted by atomic mass is 9.96. The first kappa shape index (κ1) is 12.2. The number of hydrogen-bond acceptors (Lipinski definition) is 3. The van der Waals surface area contributed by atoms with Gasteiger partial charge in [0.25, 0.3) is 0 Å². The van der Waals surface area contributed by atoms with Crippen LogP contribution < -0.4 is 5.73 Å². The summed E-state index contributed by atoms with van der Waals surface area (Å²) in [7, 11) is 0. The van der Waals surface area contributed by atoms with E-state index in [1.165, 1.54) is 0 Å². The van der Waals surface area contributed by atoms with Crippen molar-refractivity contribution in [3.8, 4) is 0 Å². The normalized spacial score (nSPS) is 19.0. The number of carbonyl (C=O) groups is 2. The molecule has 1 aliphatic heterocycles. The van der Waals surface area contributed by atoms with Crippen LogP contribution in [0, 0.1) is 5.92 Å². The van der Waals surface area contributed by atoms with Crippen LogP contribution in [0.1, 0.15) is 32.6 Å². The predicted molar refractivity (Wildman–Crippen MR) is 58.3 cm³/mol. The maximum absolute atomic E-state index is 10.9. The molecule has 1 rings (SSSR count). The van der Waals surface area contributed by atoms with E-state index in [4.69, 9.17) is 5.73 Å². The molecule has 1 heterocycles. The Balaban J connectivity index is 2.14. The number of hydrogen-bond donors (Lipinski definition) is 1. The Morgan fingerprint density at radius 2 is 1.93 bits per heavy atom. The topological polar surface area (TPSA) is 63.4 Å². The Kier molecular flexibility index (Phi) is 4.75. The lowest BCUT2D eigenvalue weighted by Crippen LogP contribution is -2.38. The van der Waals surface area contributed by atoms with Crippen molar-refractivity contribution in [3.05, 3.63) is 0 Å². The molecule has 0 radical (unpaired) electrons. The second-order valence-electron chi connectivity index (χ2n) is 4.32. The first-order valence-electron chi connectivity index (χ1n) is 5.60. The van der Waals surface area contributed by atoms with Gasteiger partial charge < -0.3 is 15.4 Å². The quantitative estimate of drug-likeness (QED) is 0.724. The van der Waals surface area contributed by atoms with Gasteiger partial charge in [0.15, 0.2) is 0 Å². The summed E-state index contributed by atoms with van der Waals surface area (Å²) < 4.78 is 0. The van der Waals surface area contributed by atoms with Crippen molar-refractivity contribution in [3.63, 3.8) is 0 Å². The molecule has 0 atom stereocenters. The second kappa shape index (κ2) is 5.85. The lowest BCUT2D eigenvalue weighted by molar-refractivity contribution is -0.123. The lowest BCUT2D eigenvalue weighted by Gasteiger charge is -2.30. The van der Waals surface area contributed by atoms with Gasteiger partial charge in [0.2, 0.25) is 5.91 Å². The number of piperidine rings is 1. The van der Waals surface area contributed by atoms with Crippen LogP contribution >= 0.6 is 0 Å². The van der Waals surface area contributed by atoms with Crippen molar-refractivity contribution >= 4 is 11.7 Å². The molecule has 0 saturated carbocycles. The predicted octanol–water partition coefficient (Wildman–Crippen LogP) is 0.553. The van der Waals surface area contributed by atoms with Crippen molar-refractivity contribution in [1.29, 1.82) is 0 Å². The van der Waals surface area contributed by atoms with Gasteiger partial charge in [-0.05, 0) is 45.8 Å². The number of primary amides is 1. The molecule has 0 aromatic heterocycles. The van der Waals surface area contributed by atoms with E-state index in [-0.39, 0.29) is 17.6 Å². The molecular weight excluding hydrogens is 192 g/mol. The van der Waals surface area contributed by atoms with Crippen LogP contribution in [0.15, 0.2) is 0 Å². The molecule has 2 N–H and O–H groups in total. The highest BCUT2D eigenvalue weighted by Crippen LogP contribution is 2.16. The molecule has 1 saturated heterocycles. The Bertz CT molecular complexity index is 230. The van der Waals surface area contributed by atoms with Crippen LogP contribution in [-0.4, -0.2) is 36.2 Å². The standard InChI is InChI=1S/C11H20N2O2/c1-9(14)3-2-6-13-7-4-10(5-8-13)11(12)15/h10H,2-8H2,1H3,(H2,12,15). The molecule has 1 fully saturated rings. The van der Waals surface area contributed by atoms with Crippen LogP contribution in [0.3, 0.4) is 0 Å². The van der Waals surface area contributed by atoms with Crippen LogP contribution in [0.25, 0.3) is 0 Å². The van der Waals surface area contributed by atoms with E-state index in [9.17, 15) is 9.59 Å². The van der Waals surface area contributed by atoms with Crippen LogP contribution in [-0.2, 0) is 9.59 Å². The van der Waals surface area contributed by atoms with Crippen molar-refractivity contribution in [2.24, 2.45) is 11.7 Å². The van der Waals surface area contributed by atoms with Gasteiger partial charge in [0.1, 0.15) is 5.78 Å². The van der Waals surface area contributed by atoms with Crippen molar-refractivity contribution < 1.29 is 9.59 Å². The van der Waals surface area contributed by atoms with Crippen LogP contribution in [0.2, 0.25) is 0 Å². The first-order valence-corrected chi connectivity index (χ1v) is 5.60. The zero-order chi connectivity index (χ0) is 11.3. The molecule has 15 heavy (non-hydrogen) atoms. The van der Waals surface area contributed by atoms with Crippen molar-refractivity contribution in [2.75, 3.05) is 19.6 Å². The summed E-state index contributed by atoms with van der Waals surface area (Å²) in [6, 6.07) is 0. The molecule has 0 unspecified atom stereocenters. The van der Waals surface area contributed by atoms with Gasteiger partial charge in [-0.15, -0.1) is 0 Å². The van der Waals surface area contributed by atoms with Gasteiger partial charge in [0, 0.05) is 12.3 Å². The number of carbonyl (C=O) groups excluding carboxylic acids is 2. The highest BCUT2D eigenvalue weighted by molar-refractivity contribution is 5.76. The molecule has 0 aliphatic carbocycles. The SMILES string of the molecule is CC(=O)CCCN1CCC(C(N)=O)CC1. The van der Waals surface area contributed by atoms with Crippen molar-refractivity contribution in [1.82, 2.24) is 4.90 Å². The Morgan fingerprint density at radius 3 is 2.40 bits per heavy atom. The maximum atomic E-state index is 10.9. The number of nitrogens with two attached hydrogens (primary N) is 1. The highest BCUT2D eigenvalue weighted by Gasteiger charge is 2.22. The molecule has 0 aromatic rings. The number of rotatable bonds is 5. The zero-order valence-electron chi connectivity index (χ0n) is 9.37. The molecule has 4 nitrogen and oxygen atoms in total. The van der Waals surface area contributed by atoms with Crippen LogP contribution in [0.5, 0.6) is 0 Å². The van der Waals surface area contributed by atoms with E-state index in [0.717, 1.165) is 38.9 Å². The number of likely N-dealkylation sites (tertiary alicyclic amines) is 1. The third-order valence-corrected chi connectivity index (χ3v) is 2.99. The summed E-state index contributed by atoms with van der Waals surface area (Å²) >= 11 is 0. The summed E-state index contributed by atoms with van der Waals surface area (Å²) in [5, 5.41) is 0.